The van der Waals surface area contributed by atoms with Gasteiger partial charge in [-0.25, -0.2) is 8.78 Å². The summed E-state index contributed by atoms with van der Waals surface area (Å²) in [6, 6.07) is 9.54. The minimum atomic E-state index is -0.668. The number of nitrogens with zero attached hydrogens (tertiary/aromatic N) is 1. The van der Waals surface area contributed by atoms with Gasteiger partial charge in [0.2, 0.25) is 0 Å². The molecule has 0 unspecified atom stereocenters. The lowest BCUT2D eigenvalue weighted by Gasteiger charge is -2.21. The summed E-state index contributed by atoms with van der Waals surface area (Å²) in [6.45, 7) is 0.377. The van der Waals surface area contributed by atoms with Crippen LogP contribution in [0.1, 0.15) is 5.56 Å². The van der Waals surface area contributed by atoms with Gasteiger partial charge in [0.05, 0.1) is 7.11 Å². The molecule has 0 spiro atoms. The molecule has 0 radical (unpaired) electrons. The molecule has 0 aliphatic heterocycles. The topological polar surface area (TPSA) is 38.5 Å². The lowest BCUT2D eigenvalue weighted by Crippen LogP contribution is -2.19. The van der Waals surface area contributed by atoms with Crippen LogP contribution >= 0.6 is 0 Å². The number of methoxy groups -OCH3 is 1. The standard InChI is InChI=1S/C15H16F2N2O/c1-19(9-10-3-5-12(20-2)6-4-10)15-13(16)7-11(18)8-14(15)17/h3-8H,9,18H2,1-2H3. The van der Waals surface area contributed by atoms with E-state index >= 15 is 0 Å². The predicted octanol–water partition coefficient (Wildman–Crippen LogP) is 3.19. The summed E-state index contributed by atoms with van der Waals surface area (Å²) >= 11 is 0. The molecule has 5 heteroatoms. The normalized spacial score (nSPS) is 10.4. The van der Waals surface area contributed by atoms with Gasteiger partial charge in [0.25, 0.3) is 0 Å². The molecular formula is C15H16F2N2O. The molecule has 0 fully saturated rings. The first-order valence-corrected chi connectivity index (χ1v) is 6.10. The Hall–Kier alpha value is -2.30. The molecular weight excluding hydrogens is 262 g/mol. The Morgan fingerprint density at radius 2 is 1.65 bits per heavy atom. The molecule has 0 atom stereocenters. The van der Waals surface area contributed by atoms with Crippen molar-refractivity contribution >= 4 is 11.4 Å². The Bertz CT molecular complexity index is 576. The smallest absolute Gasteiger partial charge is 0.151 e. The van der Waals surface area contributed by atoms with Crippen molar-refractivity contribution in [1.82, 2.24) is 0 Å². The number of benzene rings is 2. The summed E-state index contributed by atoms with van der Waals surface area (Å²) in [5, 5.41) is 0. The monoisotopic (exact) mass is 278 g/mol. The van der Waals surface area contributed by atoms with Crippen molar-refractivity contribution in [3.05, 3.63) is 53.6 Å². The minimum Gasteiger partial charge on any atom is -0.497 e. The number of rotatable bonds is 4. The van der Waals surface area contributed by atoms with Crippen LogP contribution in [0.3, 0.4) is 0 Å². The Balaban J connectivity index is 2.21. The highest BCUT2D eigenvalue weighted by Gasteiger charge is 2.15. The molecule has 2 aromatic rings. The highest BCUT2D eigenvalue weighted by atomic mass is 19.1. The van der Waals surface area contributed by atoms with Gasteiger partial charge in [-0.3, -0.25) is 0 Å². The number of ether oxygens (including phenoxy) is 1. The quantitative estimate of drug-likeness (QED) is 0.873. The van der Waals surface area contributed by atoms with Gasteiger partial charge in [-0.05, 0) is 29.8 Å². The van der Waals surface area contributed by atoms with Crippen LogP contribution in [0.5, 0.6) is 5.75 Å². The maximum Gasteiger partial charge on any atom is 0.151 e. The van der Waals surface area contributed by atoms with Crippen LogP contribution in [0, 0.1) is 11.6 Å². The summed E-state index contributed by atoms with van der Waals surface area (Å²) in [7, 11) is 3.21. The fraction of sp³-hybridized carbons (Fsp3) is 0.200. The number of nitrogens with two attached hydrogens (primary N) is 1. The molecule has 3 nitrogen and oxygen atoms in total. The van der Waals surface area contributed by atoms with Gasteiger partial charge in [-0.15, -0.1) is 0 Å². The van der Waals surface area contributed by atoms with Crippen LogP contribution in [0.15, 0.2) is 36.4 Å². The number of hydrogen-bond donors (Lipinski definition) is 1. The molecule has 20 heavy (non-hydrogen) atoms. The fourth-order valence-electron chi connectivity index (χ4n) is 2.03. The minimum absolute atomic E-state index is 0.0709. The summed E-state index contributed by atoms with van der Waals surface area (Å²) in [5.74, 6) is -0.599. The van der Waals surface area contributed by atoms with E-state index in [1.54, 1.807) is 26.3 Å². The highest BCUT2D eigenvalue weighted by molar-refractivity contribution is 5.55. The van der Waals surface area contributed by atoms with Crippen molar-refractivity contribution in [3.8, 4) is 5.75 Å². The molecule has 0 saturated heterocycles. The van der Waals surface area contributed by atoms with Crippen LogP contribution < -0.4 is 15.4 Å². The van der Waals surface area contributed by atoms with Crippen LogP contribution in [0.2, 0.25) is 0 Å². The van der Waals surface area contributed by atoms with Crippen molar-refractivity contribution < 1.29 is 13.5 Å². The maximum atomic E-state index is 13.8. The SMILES string of the molecule is COc1ccc(CN(C)c2c(F)cc(N)cc2F)cc1. The average Bonchev–Trinajstić information content (AvgIpc) is 2.38. The molecule has 0 heterocycles. The molecule has 0 saturated carbocycles. The van der Waals surface area contributed by atoms with Crippen LogP contribution in [-0.2, 0) is 6.54 Å². The van der Waals surface area contributed by atoms with Crippen molar-refractivity contribution in [1.29, 1.82) is 0 Å². The first-order chi connectivity index (χ1) is 9.51. The van der Waals surface area contributed by atoms with Crippen LogP contribution in [-0.4, -0.2) is 14.2 Å². The van der Waals surface area contributed by atoms with Gasteiger partial charge < -0.3 is 15.4 Å². The van der Waals surface area contributed by atoms with E-state index in [1.807, 2.05) is 12.1 Å². The Labute approximate surface area is 116 Å². The third-order valence-corrected chi connectivity index (χ3v) is 3.00. The Morgan fingerprint density at radius 1 is 1.10 bits per heavy atom. The molecule has 106 valence electrons. The van der Waals surface area contributed by atoms with E-state index in [-0.39, 0.29) is 11.4 Å². The van der Waals surface area contributed by atoms with E-state index in [2.05, 4.69) is 0 Å². The Kier molecular flexibility index (Phi) is 4.08. The van der Waals surface area contributed by atoms with Gasteiger partial charge in [0.1, 0.15) is 11.4 Å². The zero-order valence-corrected chi connectivity index (χ0v) is 11.4. The Morgan fingerprint density at radius 3 is 2.15 bits per heavy atom. The van der Waals surface area contributed by atoms with E-state index < -0.39 is 11.6 Å². The number of hydrogen-bond acceptors (Lipinski definition) is 3. The van der Waals surface area contributed by atoms with E-state index in [0.29, 0.717) is 6.54 Å². The second kappa shape index (κ2) is 5.77. The molecule has 0 amide bonds. The average molecular weight is 278 g/mol. The lowest BCUT2D eigenvalue weighted by atomic mass is 10.2. The molecule has 2 rings (SSSR count). The second-order valence-corrected chi connectivity index (χ2v) is 4.54. The summed E-state index contributed by atoms with van der Waals surface area (Å²) < 4.78 is 32.7. The van der Waals surface area contributed by atoms with Crippen LogP contribution in [0.4, 0.5) is 20.2 Å². The molecule has 2 N–H and O–H groups in total. The first-order valence-electron chi connectivity index (χ1n) is 6.10. The number of nitrogen functional groups attached to an aromatic ring is 1. The van der Waals surface area contributed by atoms with Crippen LogP contribution in [0.25, 0.3) is 0 Å². The molecule has 0 aliphatic carbocycles. The van der Waals surface area contributed by atoms with E-state index in [0.717, 1.165) is 23.4 Å². The third-order valence-electron chi connectivity index (χ3n) is 3.00. The van der Waals surface area contributed by atoms with Gasteiger partial charge >= 0.3 is 0 Å². The van der Waals surface area contributed by atoms with Gasteiger partial charge in [-0.2, -0.15) is 0 Å². The molecule has 0 bridgehead atoms. The molecule has 2 aromatic carbocycles. The van der Waals surface area contributed by atoms with Gasteiger partial charge in [0.15, 0.2) is 11.6 Å². The van der Waals surface area contributed by atoms with Crippen molar-refractivity contribution in [3.63, 3.8) is 0 Å². The summed E-state index contributed by atoms with van der Waals surface area (Å²) in [6.07, 6.45) is 0. The van der Waals surface area contributed by atoms with Gasteiger partial charge in [-0.1, -0.05) is 12.1 Å². The summed E-state index contributed by atoms with van der Waals surface area (Å²) in [4.78, 5) is 1.51. The second-order valence-electron chi connectivity index (χ2n) is 4.54. The molecule has 0 aromatic heterocycles. The van der Waals surface area contributed by atoms with E-state index in [9.17, 15) is 8.78 Å². The van der Waals surface area contributed by atoms with Gasteiger partial charge in [0, 0.05) is 19.3 Å². The zero-order chi connectivity index (χ0) is 14.7. The van der Waals surface area contributed by atoms with Crippen molar-refractivity contribution in [2.45, 2.75) is 6.54 Å². The number of halogens is 2. The van der Waals surface area contributed by atoms with E-state index in [4.69, 9.17) is 10.5 Å². The van der Waals surface area contributed by atoms with Crippen molar-refractivity contribution in [2.75, 3.05) is 24.8 Å². The number of anilines is 2. The third kappa shape index (κ3) is 2.99. The zero-order valence-electron chi connectivity index (χ0n) is 11.4. The highest BCUT2D eigenvalue weighted by Crippen LogP contribution is 2.26. The predicted molar refractivity (Wildman–Crippen MR) is 75.9 cm³/mol. The lowest BCUT2D eigenvalue weighted by molar-refractivity contribution is 0.414. The maximum absolute atomic E-state index is 13.8. The molecule has 0 aliphatic rings. The fourth-order valence-corrected chi connectivity index (χ4v) is 2.03. The first kappa shape index (κ1) is 14.1. The van der Waals surface area contributed by atoms with E-state index in [1.165, 1.54) is 4.90 Å². The van der Waals surface area contributed by atoms with Crippen molar-refractivity contribution in [2.24, 2.45) is 0 Å². The summed E-state index contributed by atoms with van der Waals surface area (Å²) in [5.41, 5.74) is 6.30. The largest absolute Gasteiger partial charge is 0.497 e.